The van der Waals surface area contributed by atoms with E-state index >= 15 is 4.79 Å². The van der Waals surface area contributed by atoms with Crippen LogP contribution in [0.15, 0.2) is 72.9 Å². The molecule has 0 saturated heterocycles. The van der Waals surface area contributed by atoms with Crippen LogP contribution in [0.3, 0.4) is 0 Å². The van der Waals surface area contributed by atoms with Gasteiger partial charge in [-0.1, -0.05) is 24.3 Å². The summed E-state index contributed by atoms with van der Waals surface area (Å²) in [4.78, 5) is 49.2. The normalized spacial score (nSPS) is 17.2. The average Bonchev–Trinajstić information content (AvgIpc) is 3.10. The molecule has 0 fully saturated rings. The summed E-state index contributed by atoms with van der Waals surface area (Å²) in [6.45, 7) is 11.3. The minimum absolute atomic E-state index is 0.102. The van der Waals surface area contributed by atoms with Gasteiger partial charge in [0.2, 0.25) is 0 Å². The van der Waals surface area contributed by atoms with Gasteiger partial charge in [-0.3, -0.25) is 19.6 Å². The highest BCUT2D eigenvalue weighted by molar-refractivity contribution is 6.04. The second-order valence-corrected chi connectivity index (χ2v) is 13.9. The number of phenols is 1. The summed E-state index contributed by atoms with van der Waals surface area (Å²) < 4.78 is 23.4. The number of anilines is 1. The molecule has 3 heterocycles. The van der Waals surface area contributed by atoms with Crippen LogP contribution >= 0.6 is 0 Å². The van der Waals surface area contributed by atoms with Crippen LogP contribution in [0, 0.1) is 13.8 Å². The fourth-order valence-electron chi connectivity index (χ4n) is 6.56. The number of aromatic hydroxyl groups is 1. The Labute approximate surface area is 297 Å². The molecule has 0 saturated carbocycles. The Morgan fingerprint density at radius 2 is 1.76 bits per heavy atom. The van der Waals surface area contributed by atoms with Crippen molar-refractivity contribution < 1.29 is 38.4 Å². The van der Waals surface area contributed by atoms with Crippen molar-refractivity contribution in [3.63, 3.8) is 0 Å². The molecule has 2 aliphatic heterocycles. The number of amides is 2. The predicted molar refractivity (Wildman–Crippen MR) is 191 cm³/mol. The Morgan fingerprint density at radius 3 is 2.45 bits per heavy atom. The van der Waals surface area contributed by atoms with Gasteiger partial charge in [-0.25, -0.2) is 9.59 Å². The molecule has 0 radical (unpaired) electrons. The summed E-state index contributed by atoms with van der Waals surface area (Å²) >= 11 is 0. The van der Waals surface area contributed by atoms with Crippen molar-refractivity contribution in [1.82, 2.24) is 9.88 Å². The van der Waals surface area contributed by atoms with Gasteiger partial charge in [-0.2, -0.15) is 0 Å². The van der Waals surface area contributed by atoms with Crippen LogP contribution in [0.4, 0.5) is 10.5 Å². The highest BCUT2D eigenvalue weighted by Gasteiger charge is 2.44. The summed E-state index contributed by atoms with van der Waals surface area (Å²) in [5.74, 6) is -0.144. The highest BCUT2D eigenvalue weighted by Crippen LogP contribution is 2.44. The highest BCUT2D eigenvalue weighted by atomic mass is 16.6. The van der Waals surface area contributed by atoms with Gasteiger partial charge in [-0.15, -0.1) is 0 Å². The van der Waals surface area contributed by atoms with Crippen molar-refractivity contribution in [2.75, 3.05) is 25.2 Å². The predicted octanol–water partition coefficient (Wildman–Crippen LogP) is 7.01. The van der Waals surface area contributed by atoms with E-state index < -0.39 is 41.8 Å². The summed E-state index contributed by atoms with van der Waals surface area (Å²) in [6.07, 6.45) is 0.996. The number of nitrogens with zero attached hydrogens (tertiary/aromatic N) is 3. The molecule has 2 amide bonds. The van der Waals surface area contributed by atoms with E-state index in [1.807, 2.05) is 44.2 Å². The first-order valence-corrected chi connectivity index (χ1v) is 16.9. The van der Waals surface area contributed by atoms with E-state index in [1.165, 1.54) is 16.9 Å². The van der Waals surface area contributed by atoms with Crippen molar-refractivity contribution in [2.45, 2.75) is 71.8 Å². The number of carbonyl (C=O) groups is 3. The first-order chi connectivity index (χ1) is 24.3. The fraction of sp³-hybridized carbons (Fsp3) is 0.350. The number of phenolic OH excluding ortho intramolecular Hbond substituents is 1. The monoisotopic (exact) mass is 693 g/mol. The quantitative estimate of drug-likeness (QED) is 0.212. The largest absolute Gasteiger partial charge is 0.508 e. The van der Waals surface area contributed by atoms with Crippen LogP contribution in [-0.2, 0) is 25.5 Å². The first-order valence-electron chi connectivity index (χ1n) is 16.9. The van der Waals surface area contributed by atoms with Gasteiger partial charge in [-0.05, 0) is 124 Å². The molecule has 2 aliphatic rings. The van der Waals surface area contributed by atoms with E-state index in [9.17, 15) is 14.7 Å². The van der Waals surface area contributed by atoms with Crippen LogP contribution in [0.5, 0.6) is 17.2 Å². The molecule has 2 unspecified atom stereocenters. The molecular formula is C40H43N3O8. The molecule has 0 bridgehead atoms. The van der Waals surface area contributed by atoms with E-state index in [-0.39, 0.29) is 18.9 Å². The number of carbonyl (C=O) groups excluding carboxylic acids is 3. The number of aromatic nitrogens is 1. The summed E-state index contributed by atoms with van der Waals surface area (Å²) in [6, 6.07) is 17.4. The molecule has 3 aromatic carbocycles. The van der Waals surface area contributed by atoms with Crippen molar-refractivity contribution in [3.8, 4) is 28.4 Å². The van der Waals surface area contributed by atoms with Crippen LogP contribution < -0.4 is 14.4 Å². The molecule has 11 nitrogen and oxygen atoms in total. The molecule has 1 aromatic heterocycles. The molecule has 0 spiro atoms. The molecular weight excluding hydrogens is 650 g/mol. The Balaban J connectivity index is 1.44. The van der Waals surface area contributed by atoms with E-state index in [0.717, 1.165) is 33.5 Å². The third kappa shape index (κ3) is 7.19. The van der Waals surface area contributed by atoms with E-state index in [0.29, 0.717) is 29.2 Å². The standard InChI is InChI=1S/C40H43N3O8/c1-23-24(2)41-17-15-31(23)26-11-13-29(14-12-26)43(25(3)38(46)48-7)37(45)36-32-21-34-33(49-22-35(50-34)28-9-8-10-30(44)19-28)20-27(32)16-18-42(36)39(47)51-40(4,5)6/h8-15,17,19-21,25,35-36,44H,16,18,22H2,1-7H3/t25?,35-,36?/m1/s1. The topological polar surface area (TPSA) is 128 Å². The SMILES string of the molecule is COC(=O)C(C)N(C(=O)C1c2cc3c(cc2CCN1C(=O)OC(C)(C)C)OC[C@H](c1cccc(O)c1)O3)c1ccc(-c2ccnc(C)c2C)cc1. The lowest BCUT2D eigenvalue weighted by Crippen LogP contribution is -2.53. The zero-order valence-corrected chi connectivity index (χ0v) is 29.9. The minimum Gasteiger partial charge on any atom is -0.508 e. The van der Waals surface area contributed by atoms with Crippen molar-refractivity contribution in [3.05, 3.63) is 101 Å². The average molecular weight is 694 g/mol. The zero-order chi connectivity index (χ0) is 36.6. The summed E-state index contributed by atoms with van der Waals surface area (Å²) in [7, 11) is 1.27. The number of aryl methyl sites for hydroxylation is 1. The zero-order valence-electron chi connectivity index (χ0n) is 29.9. The number of esters is 1. The smallest absolute Gasteiger partial charge is 0.411 e. The fourth-order valence-corrected chi connectivity index (χ4v) is 6.56. The lowest BCUT2D eigenvalue weighted by Gasteiger charge is -2.41. The van der Waals surface area contributed by atoms with Crippen LogP contribution in [0.25, 0.3) is 11.1 Å². The van der Waals surface area contributed by atoms with Crippen LogP contribution in [0.1, 0.15) is 67.8 Å². The molecule has 266 valence electrons. The van der Waals surface area contributed by atoms with Crippen molar-refractivity contribution >= 4 is 23.7 Å². The van der Waals surface area contributed by atoms with Gasteiger partial charge in [0, 0.05) is 24.1 Å². The Kier molecular flexibility index (Phi) is 9.66. The van der Waals surface area contributed by atoms with Gasteiger partial charge in [0.15, 0.2) is 17.6 Å². The van der Waals surface area contributed by atoms with Gasteiger partial charge in [0.05, 0.1) is 7.11 Å². The van der Waals surface area contributed by atoms with Gasteiger partial charge >= 0.3 is 12.1 Å². The number of ether oxygens (including phenoxy) is 4. The maximum atomic E-state index is 15.1. The van der Waals surface area contributed by atoms with Gasteiger partial charge < -0.3 is 24.1 Å². The second-order valence-electron chi connectivity index (χ2n) is 13.9. The lowest BCUT2D eigenvalue weighted by molar-refractivity contribution is -0.143. The maximum Gasteiger partial charge on any atom is 0.411 e. The summed E-state index contributed by atoms with van der Waals surface area (Å²) in [5, 5.41) is 10.1. The van der Waals surface area contributed by atoms with Crippen LogP contribution in [-0.4, -0.2) is 64.9 Å². The Morgan fingerprint density at radius 1 is 1.02 bits per heavy atom. The molecule has 1 N–H and O–H groups in total. The van der Waals surface area contributed by atoms with Crippen molar-refractivity contribution in [2.24, 2.45) is 0 Å². The molecule has 0 aliphatic carbocycles. The van der Waals surface area contributed by atoms with Gasteiger partial charge in [0.1, 0.15) is 30.0 Å². The number of methoxy groups -OCH3 is 1. The first kappa shape index (κ1) is 35.3. The third-order valence-corrected chi connectivity index (χ3v) is 9.28. The Hall–Kier alpha value is -5.58. The van der Waals surface area contributed by atoms with Crippen molar-refractivity contribution in [1.29, 1.82) is 0 Å². The van der Waals surface area contributed by atoms with Gasteiger partial charge in [0.25, 0.3) is 5.91 Å². The molecule has 3 atom stereocenters. The maximum absolute atomic E-state index is 15.1. The Bertz CT molecular complexity index is 1970. The van der Waals surface area contributed by atoms with E-state index in [4.69, 9.17) is 18.9 Å². The molecule has 4 aromatic rings. The summed E-state index contributed by atoms with van der Waals surface area (Å²) in [5.41, 5.74) is 5.54. The third-order valence-electron chi connectivity index (χ3n) is 9.28. The number of pyridine rings is 1. The number of hydrogen-bond donors (Lipinski definition) is 1. The minimum atomic E-state index is -1.18. The molecule has 6 rings (SSSR count). The molecule has 11 heteroatoms. The van der Waals surface area contributed by atoms with Crippen LogP contribution in [0.2, 0.25) is 0 Å². The van der Waals surface area contributed by atoms with E-state index in [2.05, 4.69) is 4.98 Å². The number of rotatable bonds is 6. The number of fused-ring (bicyclic) bond motifs is 2. The number of benzene rings is 3. The lowest BCUT2D eigenvalue weighted by atomic mass is 9.90. The van der Waals surface area contributed by atoms with E-state index in [1.54, 1.807) is 70.3 Å². The molecule has 51 heavy (non-hydrogen) atoms. The second kappa shape index (κ2) is 14.0. The number of hydrogen-bond acceptors (Lipinski definition) is 9.